The quantitative estimate of drug-likeness (QED) is 0.117. The number of thiazole rings is 2. The predicted molar refractivity (Wildman–Crippen MR) is 243 cm³/mol. The Balaban J connectivity index is 0.797. The van der Waals surface area contributed by atoms with Crippen LogP contribution in [-0.4, -0.2) is 56.4 Å². The second kappa shape index (κ2) is 17.5. The van der Waals surface area contributed by atoms with Crippen molar-refractivity contribution in [3.63, 3.8) is 0 Å². The van der Waals surface area contributed by atoms with Gasteiger partial charge in [0.25, 0.3) is 0 Å². The number of rotatable bonds is 14. The highest BCUT2D eigenvalue weighted by Crippen LogP contribution is 2.42. The van der Waals surface area contributed by atoms with Gasteiger partial charge >= 0.3 is 0 Å². The topological polar surface area (TPSA) is 113 Å². The highest BCUT2D eigenvalue weighted by Gasteiger charge is 2.41. The average molecular weight is 860 g/mol. The fourth-order valence-corrected chi connectivity index (χ4v) is 11.2. The lowest BCUT2D eigenvalue weighted by Crippen LogP contribution is -2.43. The van der Waals surface area contributed by atoms with Crippen LogP contribution in [0.4, 0.5) is 0 Å². The standard InChI is InChI=1S/C51H49N5O4S2/c57-43(35-19-20-35)29-40(34-9-3-1-4-10-34)50(59)55-27-7-13-41(55)48-52-30-44(61-48)36-21-15-32(16-22-36)33-17-23-37(24-18-33)45-31-53-49(62-45)42-14-8-28-56(42)51(60)46(38-11-5-2-6-12-38)54-47(58)39-25-26-39/h1-6,9-12,15-18,21-24,30-31,35,39-42,46H,7-8,13-14,19-20,25-29H2,(H,54,58)/t40-,41-,42-,46-/m0/s1. The molecule has 2 saturated carbocycles. The molecule has 62 heavy (non-hydrogen) atoms. The first-order valence-corrected chi connectivity index (χ1v) is 23.7. The average Bonchev–Trinajstić information content (AvgIpc) is 4.07. The molecule has 11 heteroatoms. The monoisotopic (exact) mass is 859 g/mol. The maximum absolute atomic E-state index is 14.2. The van der Waals surface area contributed by atoms with Crippen molar-refractivity contribution >= 4 is 46.2 Å². The second-order valence-corrected chi connectivity index (χ2v) is 19.3. The normalized spacial score (nSPS) is 19.6. The van der Waals surface area contributed by atoms with Crippen molar-refractivity contribution in [3.05, 3.63) is 143 Å². The number of carbonyl (C=O) groups is 4. The van der Waals surface area contributed by atoms with Crippen molar-refractivity contribution in [2.45, 2.75) is 81.8 Å². The number of Topliss-reactive ketones (excluding diaryl/α,β-unsaturated/α-hetero) is 1. The molecular weight excluding hydrogens is 811 g/mol. The molecular formula is C51H49N5O4S2. The Hall–Kier alpha value is -5.78. The Morgan fingerprint density at radius 2 is 1.03 bits per heavy atom. The summed E-state index contributed by atoms with van der Waals surface area (Å²) in [7, 11) is 0. The van der Waals surface area contributed by atoms with Crippen LogP contribution < -0.4 is 5.32 Å². The summed E-state index contributed by atoms with van der Waals surface area (Å²) < 4.78 is 0. The highest BCUT2D eigenvalue weighted by atomic mass is 32.1. The lowest BCUT2D eigenvalue weighted by molar-refractivity contribution is -0.137. The summed E-state index contributed by atoms with van der Waals surface area (Å²) in [4.78, 5) is 69.8. The number of nitrogens with zero attached hydrogens (tertiary/aromatic N) is 4. The van der Waals surface area contributed by atoms with Crippen LogP contribution in [-0.2, 0) is 19.2 Å². The molecule has 4 atom stereocenters. The van der Waals surface area contributed by atoms with Gasteiger partial charge in [0.2, 0.25) is 17.7 Å². The van der Waals surface area contributed by atoms with Gasteiger partial charge in [0.15, 0.2) is 0 Å². The van der Waals surface area contributed by atoms with Gasteiger partial charge in [0, 0.05) is 43.7 Å². The van der Waals surface area contributed by atoms with E-state index in [4.69, 9.17) is 9.97 Å². The van der Waals surface area contributed by atoms with E-state index in [9.17, 15) is 19.2 Å². The van der Waals surface area contributed by atoms with Crippen LogP contribution in [0.5, 0.6) is 0 Å². The number of ketones is 1. The lowest BCUT2D eigenvalue weighted by Gasteiger charge is -2.28. The molecule has 0 unspecified atom stereocenters. The molecule has 0 spiro atoms. The second-order valence-electron chi connectivity index (χ2n) is 17.2. The molecule has 0 bridgehead atoms. The molecule has 4 aromatic carbocycles. The van der Waals surface area contributed by atoms with E-state index in [0.29, 0.717) is 13.1 Å². The largest absolute Gasteiger partial charge is 0.340 e. The molecule has 2 aromatic heterocycles. The van der Waals surface area contributed by atoms with Gasteiger partial charge in [-0.15, -0.1) is 22.7 Å². The molecule has 6 aromatic rings. The summed E-state index contributed by atoms with van der Waals surface area (Å²) >= 11 is 3.27. The molecule has 4 aliphatic rings. The Bertz CT molecular complexity index is 2390. The molecule has 10 rings (SSSR count). The van der Waals surface area contributed by atoms with E-state index in [1.165, 1.54) is 0 Å². The van der Waals surface area contributed by atoms with Gasteiger partial charge in [-0.3, -0.25) is 19.2 Å². The van der Waals surface area contributed by atoms with Crippen LogP contribution in [0, 0.1) is 11.8 Å². The summed E-state index contributed by atoms with van der Waals surface area (Å²) in [6.07, 6.45) is 11.3. The molecule has 4 fully saturated rings. The van der Waals surface area contributed by atoms with Crippen molar-refractivity contribution < 1.29 is 19.2 Å². The zero-order valence-corrected chi connectivity index (χ0v) is 36.2. The number of amides is 3. The minimum atomic E-state index is -0.709. The van der Waals surface area contributed by atoms with Crippen LogP contribution >= 0.6 is 22.7 Å². The van der Waals surface area contributed by atoms with E-state index < -0.39 is 12.0 Å². The number of aromatic nitrogens is 2. The summed E-state index contributed by atoms with van der Waals surface area (Å²) in [5.41, 5.74) is 6.09. The summed E-state index contributed by atoms with van der Waals surface area (Å²) in [5, 5.41) is 4.93. The molecule has 314 valence electrons. The third-order valence-electron chi connectivity index (χ3n) is 12.9. The van der Waals surface area contributed by atoms with Gasteiger partial charge in [-0.25, -0.2) is 9.97 Å². The molecule has 1 N–H and O–H groups in total. The Labute approximate surface area is 370 Å². The van der Waals surface area contributed by atoms with E-state index in [2.05, 4.69) is 53.8 Å². The molecule has 2 saturated heterocycles. The van der Waals surface area contributed by atoms with Crippen molar-refractivity contribution in [1.82, 2.24) is 25.1 Å². The molecule has 9 nitrogen and oxygen atoms in total. The molecule has 3 amide bonds. The van der Waals surface area contributed by atoms with Crippen molar-refractivity contribution in [1.29, 1.82) is 0 Å². The van der Waals surface area contributed by atoms with Gasteiger partial charge in [-0.2, -0.15) is 0 Å². The van der Waals surface area contributed by atoms with E-state index >= 15 is 0 Å². The summed E-state index contributed by atoms with van der Waals surface area (Å²) in [6, 6.07) is 35.5. The first-order valence-electron chi connectivity index (χ1n) is 22.0. The van der Waals surface area contributed by atoms with Crippen LogP contribution in [0.15, 0.2) is 122 Å². The van der Waals surface area contributed by atoms with Gasteiger partial charge in [-0.05, 0) is 84.7 Å². The first-order chi connectivity index (χ1) is 30.4. The first kappa shape index (κ1) is 40.3. The van der Waals surface area contributed by atoms with Gasteiger partial charge in [0.1, 0.15) is 21.8 Å². The summed E-state index contributed by atoms with van der Waals surface area (Å²) in [5.74, 6) is -0.198. The van der Waals surface area contributed by atoms with Gasteiger partial charge in [0.05, 0.1) is 27.8 Å². The maximum atomic E-state index is 14.2. The van der Waals surface area contributed by atoms with Crippen molar-refractivity contribution in [3.8, 4) is 32.0 Å². The molecule has 2 aliphatic heterocycles. The fraction of sp³-hybridized carbons (Fsp3) is 0.333. The van der Waals surface area contributed by atoms with Crippen LogP contribution in [0.3, 0.4) is 0 Å². The number of hydrogen-bond donors (Lipinski definition) is 1. The Morgan fingerprint density at radius 3 is 1.53 bits per heavy atom. The fourth-order valence-electron chi connectivity index (χ4n) is 9.09. The highest BCUT2D eigenvalue weighted by molar-refractivity contribution is 7.15. The molecule has 4 heterocycles. The van der Waals surface area contributed by atoms with Gasteiger partial charge in [-0.1, -0.05) is 109 Å². The third-order valence-corrected chi connectivity index (χ3v) is 15.2. The minimum absolute atomic E-state index is 0.0123. The smallest absolute Gasteiger partial charge is 0.250 e. The number of hydrogen-bond acceptors (Lipinski definition) is 8. The lowest BCUT2D eigenvalue weighted by atomic mass is 9.91. The SMILES string of the molecule is O=C(C[C@H](C(=O)N1CCC[C@H]1c1ncc(-c2ccc(-c3ccc(-c4cnc([C@@H]5CCCN5C(=O)[C@@H](NC(=O)C5CC5)c5ccccc5)s4)cc3)cc2)s1)c1ccccc1)C1CC1. The number of nitrogens with one attached hydrogen (secondary N) is 1. The van der Waals surface area contributed by atoms with Crippen LogP contribution in [0.1, 0.15) is 103 Å². The number of carbonyl (C=O) groups excluding carboxylic acids is 4. The number of benzene rings is 4. The Kier molecular flexibility index (Phi) is 11.4. The van der Waals surface area contributed by atoms with Crippen molar-refractivity contribution in [2.24, 2.45) is 11.8 Å². The van der Waals surface area contributed by atoms with E-state index in [-0.39, 0.29) is 53.8 Å². The number of likely N-dealkylation sites (tertiary alicyclic amines) is 2. The zero-order valence-electron chi connectivity index (χ0n) is 34.5. The van der Waals surface area contributed by atoms with E-state index in [0.717, 1.165) is 105 Å². The maximum Gasteiger partial charge on any atom is 0.250 e. The van der Waals surface area contributed by atoms with Gasteiger partial charge < -0.3 is 15.1 Å². The molecule has 0 radical (unpaired) electrons. The molecule has 2 aliphatic carbocycles. The Morgan fingerprint density at radius 1 is 0.565 bits per heavy atom. The van der Waals surface area contributed by atoms with Crippen LogP contribution in [0.25, 0.3) is 32.0 Å². The minimum Gasteiger partial charge on any atom is -0.340 e. The van der Waals surface area contributed by atoms with Crippen LogP contribution in [0.2, 0.25) is 0 Å². The third kappa shape index (κ3) is 8.52. The summed E-state index contributed by atoms with van der Waals surface area (Å²) in [6.45, 7) is 1.31. The van der Waals surface area contributed by atoms with E-state index in [1.54, 1.807) is 22.7 Å². The van der Waals surface area contributed by atoms with Crippen molar-refractivity contribution in [2.75, 3.05) is 13.1 Å². The zero-order chi connectivity index (χ0) is 42.2. The predicted octanol–water partition coefficient (Wildman–Crippen LogP) is 10.3. The van der Waals surface area contributed by atoms with E-state index in [1.807, 2.05) is 82.9 Å².